The van der Waals surface area contributed by atoms with Crippen molar-refractivity contribution in [3.63, 3.8) is 0 Å². The van der Waals surface area contributed by atoms with Gasteiger partial charge in [0.15, 0.2) is 48.8 Å². The van der Waals surface area contributed by atoms with E-state index >= 15 is 0 Å². The van der Waals surface area contributed by atoms with E-state index in [1.54, 1.807) is 0 Å². The number of rotatable bonds is 10. The van der Waals surface area contributed by atoms with Gasteiger partial charge in [-0.05, 0) is 59.4 Å². The number of carbonyl (C=O) groups is 8. The van der Waals surface area contributed by atoms with Gasteiger partial charge in [0, 0.05) is 85.1 Å². The molecule has 3 heterocycles. The molecule has 0 aromatic heterocycles. The first-order valence-corrected chi connectivity index (χ1v) is 21.8. The Hall–Kier alpha value is -6.80. The Bertz CT molecular complexity index is 2280. The van der Waals surface area contributed by atoms with Crippen molar-refractivity contribution < 1.29 is 90.5 Å². The number of ether oxygens (including phenoxy) is 11. The van der Waals surface area contributed by atoms with Crippen molar-refractivity contribution >= 4 is 47.8 Å². The Labute approximate surface area is 392 Å². The van der Waals surface area contributed by atoms with Crippen LogP contribution in [-0.2, 0) is 95.9 Å². The van der Waals surface area contributed by atoms with Crippen molar-refractivity contribution in [3.05, 3.63) is 58.7 Å². The maximum atomic E-state index is 12.4. The molecule has 3 aliphatic heterocycles. The molecule has 0 N–H and O–H groups in total. The van der Waals surface area contributed by atoms with Gasteiger partial charge < -0.3 is 52.1 Å². The molecule has 4 aliphatic rings. The molecule has 19 heteroatoms. The lowest BCUT2D eigenvalue weighted by atomic mass is 9.72. The topological polar surface area (TPSA) is 238 Å². The maximum Gasteiger partial charge on any atom is 0.303 e. The summed E-state index contributed by atoms with van der Waals surface area (Å²) in [7, 11) is 0. The minimum atomic E-state index is -1.38. The van der Waals surface area contributed by atoms with E-state index in [4.69, 9.17) is 52.1 Å². The molecule has 1 aliphatic carbocycles. The van der Waals surface area contributed by atoms with Gasteiger partial charge in [-0.2, -0.15) is 0 Å². The molecule has 19 nitrogen and oxygen atoms in total. The zero-order valence-corrected chi connectivity index (χ0v) is 38.7. The Kier molecular flexibility index (Phi) is 16.3. The predicted octanol–water partition coefficient (Wildman–Crippen LogP) is 2.72. The van der Waals surface area contributed by atoms with Crippen molar-refractivity contribution in [2.45, 2.75) is 135 Å². The highest BCUT2D eigenvalue weighted by atomic mass is 16.7. The molecule has 6 rings (SSSR count). The Morgan fingerprint density at radius 1 is 0.485 bits per heavy atom. The molecule has 68 heavy (non-hydrogen) atoms. The second kappa shape index (κ2) is 21.9. The lowest BCUT2D eigenvalue weighted by Crippen LogP contribution is -2.62. The van der Waals surface area contributed by atoms with Gasteiger partial charge in [0.1, 0.15) is 25.4 Å². The number of hydrogen-bond acceptors (Lipinski definition) is 19. The highest BCUT2D eigenvalue weighted by Gasteiger charge is 2.53. The van der Waals surface area contributed by atoms with Crippen LogP contribution in [0, 0.1) is 23.7 Å². The third kappa shape index (κ3) is 12.0. The van der Waals surface area contributed by atoms with Crippen LogP contribution in [0.5, 0.6) is 0 Å². The molecule has 0 unspecified atom stereocenters. The fourth-order valence-electron chi connectivity index (χ4n) is 8.91. The number of benzene rings is 2. The second-order valence-corrected chi connectivity index (χ2v) is 16.5. The fourth-order valence-corrected chi connectivity index (χ4v) is 8.91. The van der Waals surface area contributed by atoms with E-state index in [9.17, 15) is 38.4 Å². The van der Waals surface area contributed by atoms with Crippen molar-refractivity contribution in [2.24, 2.45) is 0 Å². The molecule has 362 valence electrons. The summed E-state index contributed by atoms with van der Waals surface area (Å²) in [6.45, 7) is 9.32. The fraction of sp³-hybridized carbons (Fsp3) is 0.510. The molecule has 0 bridgehead atoms. The third-order valence-corrected chi connectivity index (χ3v) is 11.4. The number of fused-ring (bicyclic) bond motifs is 5. The standard InChI is InChI=1S/C49H52O19/c1-25(50)59-23-41-45(63-29(5)54)47(65-31(7)56)43(61-27(3)52)39(67-41)15-11-33-9-13-35-36-14-10-34(22-38(36)49(37(35)21-33)17-19-58-20-18-49)12-16-40-44(62-28(4)53)48(66-32(8)57)46(64-30(6)55)42(68-40)24-60-26(2)51/h9-10,13-14,21-22,39-48H,17-20,23-24H2,1-8H3/t39-,40-,41-,42-,43-,44-,45-,46-,47-,48-/m1/s1. The summed E-state index contributed by atoms with van der Waals surface area (Å²) in [5, 5.41) is 0. The highest BCUT2D eigenvalue weighted by Crippen LogP contribution is 2.54. The maximum absolute atomic E-state index is 12.4. The first kappa shape index (κ1) is 50.6. The summed E-state index contributed by atoms with van der Waals surface area (Å²) >= 11 is 0. The molecule has 3 fully saturated rings. The molecule has 2 aromatic carbocycles. The van der Waals surface area contributed by atoms with Crippen molar-refractivity contribution in [1.29, 1.82) is 0 Å². The Morgan fingerprint density at radius 3 is 1.16 bits per heavy atom. The summed E-state index contributed by atoms with van der Waals surface area (Å²) in [4.78, 5) is 97.6. The molecular weight excluding hydrogens is 893 g/mol. The zero-order chi connectivity index (χ0) is 49.4. The summed E-state index contributed by atoms with van der Waals surface area (Å²) in [6.07, 6.45) is -11.7. The molecule has 0 amide bonds. The van der Waals surface area contributed by atoms with Crippen molar-refractivity contribution in [2.75, 3.05) is 26.4 Å². The quantitative estimate of drug-likeness (QED) is 0.189. The van der Waals surface area contributed by atoms with E-state index in [1.165, 1.54) is 13.8 Å². The number of hydrogen-bond donors (Lipinski definition) is 0. The number of carbonyl (C=O) groups excluding carboxylic acids is 8. The minimum absolute atomic E-state index is 0.396. The summed E-state index contributed by atoms with van der Waals surface area (Å²) in [5.74, 6) is 6.48. The molecule has 1 spiro atoms. The lowest BCUT2D eigenvalue weighted by Gasteiger charge is -2.42. The van der Waals surface area contributed by atoms with Crippen LogP contribution in [-0.4, -0.2) is 135 Å². The molecule has 2 aromatic rings. The monoisotopic (exact) mass is 944 g/mol. The van der Waals surface area contributed by atoms with E-state index in [0.717, 1.165) is 63.8 Å². The second-order valence-electron chi connectivity index (χ2n) is 16.5. The van der Waals surface area contributed by atoms with Crippen LogP contribution >= 0.6 is 0 Å². The Balaban J connectivity index is 1.37. The zero-order valence-electron chi connectivity index (χ0n) is 38.7. The van der Waals surface area contributed by atoms with Crippen LogP contribution in [0.15, 0.2) is 36.4 Å². The van der Waals surface area contributed by atoms with E-state index in [-0.39, 0.29) is 0 Å². The van der Waals surface area contributed by atoms with Crippen molar-refractivity contribution in [1.82, 2.24) is 0 Å². The van der Waals surface area contributed by atoms with Gasteiger partial charge in [-0.1, -0.05) is 35.8 Å². The van der Waals surface area contributed by atoms with Crippen LogP contribution in [0.4, 0.5) is 0 Å². The predicted molar refractivity (Wildman–Crippen MR) is 230 cm³/mol. The van der Waals surface area contributed by atoms with Gasteiger partial charge in [-0.3, -0.25) is 38.4 Å². The van der Waals surface area contributed by atoms with Crippen LogP contribution in [0.2, 0.25) is 0 Å². The van der Waals surface area contributed by atoms with E-state index in [0.29, 0.717) is 37.2 Å². The summed E-state index contributed by atoms with van der Waals surface area (Å²) in [5.41, 5.74) is 4.37. The van der Waals surface area contributed by atoms with Gasteiger partial charge in [0.25, 0.3) is 0 Å². The SMILES string of the molecule is CC(=O)OC[C@H]1O[C@H](C#Cc2ccc3c(c2)C2(CCOCC2)c2cc(C#C[C@H]4O[C@H](COC(C)=O)[C@@H](OC(C)=O)[C@H](OC(C)=O)[C@@H]4OC(C)=O)ccc2-3)[C@@H](OC(C)=O)[C@@H](OC(C)=O)[C@@H]1OC(C)=O. The smallest absolute Gasteiger partial charge is 0.303 e. The molecule has 0 radical (unpaired) electrons. The van der Waals surface area contributed by atoms with Crippen LogP contribution in [0.3, 0.4) is 0 Å². The van der Waals surface area contributed by atoms with Crippen LogP contribution in [0.25, 0.3) is 11.1 Å². The lowest BCUT2D eigenvalue weighted by molar-refractivity contribution is -0.243. The third-order valence-electron chi connectivity index (χ3n) is 11.4. The number of esters is 8. The van der Waals surface area contributed by atoms with E-state index in [1.807, 2.05) is 36.4 Å². The van der Waals surface area contributed by atoms with Crippen LogP contribution < -0.4 is 0 Å². The van der Waals surface area contributed by atoms with Crippen molar-refractivity contribution in [3.8, 4) is 34.8 Å². The molecular formula is C49H52O19. The minimum Gasteiger partial charge on any atom is -0.463 e. The molecule has 3 saturated heterocycles. The van der Waals surface area contributed by atoms with E-state index in [2.05, 4.69) is 23.7 Å². The molecule has 0 saturated carbocycles. The molecule has 10 atom stereocenters. The van der Waals surface area contributed by atoms with Gasteiger partial charge in [-0.15, -0.1) is 0 Å². The Morgan fingerprint density at radius 2 is 0.824 bits per heavy atom. The first-order valence-electron chi connectivity index (χ1n) is 21.8. The normalized spacial score (nSPS) is 26.3. The largest absolute Gasteiger partial charge is 0.463 e. The van der Waals surface area contributed by atoms with Gasteiger partial charge in [0.2, 0.25) is 0 Å². The van der Waals surface area contributed by atoms with Gasteiger partial charge in [-0.25, -0.2) is 0 Å². The van der Waals surface area contributed by atoms with Gasteiger partial charge >= 0.3 is 47.8 Å². The van der Waals surface area contributed by atoms with E-state index < -0.39 is 127 Å². The average molecular weight is 945 g/mol. The average Bonchev–Trinajstić information content (AvgIpc) is 3.50. The van der Waals surface area contributed by atoms with Gasteiger partial charge in [0.05, 0.1) is 0 Å². The highest BCUT2D eigenvalue weighted by molar-refractivity contribution is 5.83. The summed E-state index contributed by atoms with van der Waals surface area (Å²) < 4.78 is 62.0. The summed E-state index contributed by atoms with van der Waals surface area (Å²) in [6, 6.07) is 11.4. The van der Waals surface area contributed by atoms with Crippen LogP contribution in [0.1, 0.15) is 90.5 Å². The first-order chi connectivity index (χ1) is 32.3.